The first-order chi connectivity index (χ1) is 22.0. The standard InChI is InChI=1S/C35H38F4N4O3/c1-4-22-18-24(12-14-26(22)30(45)19-23(40)8-7-9-25(44)13-11-21(2)3)42-28-10-5-6-17-43-29(20-41-34(28)43)27-15-16-31(46-35(38)39)33(37)32(27)36/h6,10,12,14-18,20-21,35,40,42H,4-5,7-9,11,13,19H2,1-3H3. The molecule has 0 spiro atoms. The van der Waals surface area contributed by atoms with E-state index in [9.17, 15) is 27.2 Å². The zero-order valence-corrected chi connectivity index (χ0v) is 26.1. The summed E-state index contributed by atoms with van der Waals surface area (Å²) in [5.41, 5.74) is 2.92. The summed E-state index contributed by atoms with van der Waals surface area (Å²) in [5.74, 6) is -2.84. The predicted octanol–water partition coefficient (Wildman–Crippen LogP) is 9.09. The SMILES string of the molecule is CCc1cc(NC2=CCC=Cn3c(-c4ccc(OC(F)F)c(F)c4F)cnc32)ccc1C(=O)CC(=N)CCCC(=O)CCC(C)C. The number of nitrogens with one attached hydrogen (secondary N) is 2. The number of halogens is 4. The van der Waals surface area contributed by atoms with Crippen molar-refractivity contribution in [1.29, 1.82) is 5.41 Å². The predicted molar refractivity (Wildman–Crippen MR) is 171 cm³/mol. The van der Waals surface area contributed by atoms with E-state index in [2.05, 4.69) is 28.9 Å². The van der Waals surface area contributed by atoms with Crippen molar-refractivity contribution in [3.8, 4) is 17.0 Å². The van der Waals surface area contributed by atoms with Crippen molar-refractivity contribution in [3.63, 3.8) is 0 Å². The lowest BCUT2D eigenvalue weighted by atomic mass is 9.96. The van der Waals surface area contributed by atoms with Gasteiger partial charge in [0.25, 0.3) is 0 Å². The molecule has 244 valence electrons. The molecule has 11 heteroatoms. The lowest BCUT2D eigenvalue weighted by Gasteiger charge is -2.15. The molecule has 2 N–H and O–H groups in total. The maximum absolute atomic E-state index is 15.0. The molecule has 3 aromatic rings. The van der Waals surface area contributed by atoms with Crippen LogP contribution < -0.4 is 10.1 Å². The zero-order chi connectivity index (χ0) is 33.4. The van der Waals surface area contributed by atoms with Gasteiger partial charge in [0.15, 0.2) is 23.2 Å². The van der Waals surface area contributed by atoms with Crippen LogP contribution in [0.25, 0.3) is 23.2 Å². The van der Waals surface area contributed by atoms with E-state index in [1.165, 1.54) is 6.20 Å². The number of carbonyl (C=O) groups excluding carboxylic acids is 2. The molecule has 0 unspecified atom stereocenters. The second kappa shape index (κ2) is 15.6. The highest BCUT2D eigenvalue weighted by Crippen LogP contribution is 2.34. The monoisotopic (exact) mass is 638 g/mol. The van der Waals surface area contributed by atoms with Crippen LogP contribution in [0.1, 0.15) is 87.5 Å². The van der Waals surface area contributed by atoms with Crippen LogP contribution in [0, 0.1) is 23.0 Å². The molecule has 4 rings (SSSR count). The number of rotatable bonds is 16. The third-order valence-corrected chi connectivity index (χ3v) is 7.66. The number of ketones is 2. The zero-order valence-electron chi connectivity index (χ0n) is 26.1. The molecular weight excluding hydrogens is 600 g/mol. The topological polar surface area (TPSA) is 97.1 Å². The highest BCUT2D eigenvalue weighted by molar-refractivity contribution is 6.09. The van der Waals surface area contributed by atoms with Gasteiger partial charge in [0.1, 0.15) is 5.78 Å². The van der Waals surface area contributed by atoms with Crippen LogP contribution in [0.5, 0.6) is 5.75 Å². The minimum absolute atomic E-state index is 0.0105. The smallest absolute Gasteiger partial charge is 0.387 e. The number of ether oxygens (including phenoxy) is 1. The Morgan fingerprint density at radius 3 is 2.59 bits per heavy atom. The van der Waals surface area contributed by atoms with Crippen LogP contribution in [0.2, 0.25) is 0 Å². The van der Waals surface area contributed by atoms with Crippen LogP contribution in [0.4, 0.5) is 23.2 Å². The molecule has 0 amide bonds. The maximum Gasteiger partial charge on any atom is 0.387 e. The molecule has 46 heavy (non-hydrogen) atoms. The minimum Gasteiger partial charge on any atom is -0.432 e. The van der Waals surface area contributed by atoms with Crippen molar-refractivity contribution < 1.29 is 31.9 Å². The van der Waals surface area contributed by atoms with E-state index >= 15 is 0 Å². The normalized spacial score (nSPS) is 12.6. The number of nitrogens with zero attached hydrogens (tertiary/aromatic N) is 2. The van der Waals surface area contributed by atoms with Gasteiger partial charge in [-0.25, -0.2) is 9.37 Å². The summed E-state index contributed by atoms with van der Waals surface area (Å²) in [6, 6.07) is 7.44. The van der Waals surface area contributed by atoms with Crippen molar-refractivity contribution in [2.24, 2.45) is 5.92 Å². The highest BCUT2D eigenvalue weighted by Gasteiger charge is 2.23. The van der Waals surface area contributed by atoms with E-state index in [-0.39, 0.29) is 29.2 Å². The fourth-order valence-corrected chi connectivity index (χ4v) is 5.22. The molecule has 7 nitrogen and oxygen atoms in total. The van der Waals surface area contributed by atoms with Crippen LogP contribution in [-0.2, 0) is 11.2 Å². The summed E-state index contributed by atoms with van der Waals surface area (Å²) in [6.07, 6.45) is 10.6. The quantitative estimate of drug-likeness (QED) is 0.0927. The Balaban J connectivity index is 1.46. The molecule has 0 saturated carbocycles. The van der Waals surface area contributed by atoms with Gasteiger partial charge in [-0.15, -0.1) is 0 Å². The van der Waals surface area contributed by atoms with Crippen LogP contribution in [0.3, 0.4) is 0 Å². The second-order valence-corrected chi connectivity index (χ2v) is 11.6. The van der Waals surface area contributed by atoms with Gasteiger partial charge in [0, 0.05) is 48.0 Å². The van der Waals surface area contributed by atoms with Gasteiger partial charge in [0.2, 0.25) is 5.82 Å². The van der Waals surface area contributed by atoms with Crippen LogP contribution >= 0.6 is 0 Å². The Kier molecular flexibility index (Phi) is 11.7. The summed E-state index contributed by atoms with van der Waals surface area (Å²) in [4.78, 5) is 29.6. The van der Waals surface area contributed by atoms with Crippen LogP contribution in [0.15, 0.2) is 48.7 Å². The Labute approximate surface area is 265 Å². The number of aromatic nitrogens is 2. The first kappa shape index (κ1) is 34.3. The van der Waals surface area contributed by atoms with E-state index < -0.39 is 24.0 Å². The molecule has 1 aliphatic heterocycles. The second-order valence-electron chi connectivity index (χ2n) is 11.6. The molecule has 0 radical (unpaired) electrons. The van der Waals surface area contributed by atoms with E-state index in [1.54, 1.807) is 22.9 Å². The largest absolute Gasteiger partial charge is 0.432 e. The Morgan fingerprint density at radius 2 is 1.87 bits per heavy atom. The first-order valence-electron chi connectivity index (χ1n) is 15.4. The summed E-state index contributed by atoms with van der Waals surface area (Å²) < 4.78 is 60.2. The molecule has 0 atom stereocenters. The number of hydrogen-bond acceptors (Lipinski definition) is 6. The average Bonchev–Trinajstić information content (AvgIpc) is 3.32. The van der Waals surface area contributed by atoms with Gasteiger partial charge in [-0.3, -0.25) is 14.2 Å². The van der Waals surface area contributed by atoms with Crippen molar-refractivity contribution in [3.05, 3.63) is 77.3 Å². The molecule has 2 heterocycles. The number of benzene rings is 2. The summed E-state index contributed by atoms with van der Waals surface area (Å²) in [7, 11) is 0. The number of aryl methyl sites for hydroxylation is 1. The molecular formula is C35H38F4N4O3. The third kappa shape index (κ3) is 8.58. The molecule has 0 fully saturated rings. The number of allylic oxidation sites excluding steroid dienone is 2. The number of anilines is 1. The fraction of sp³-hybridized carbons (Fsp3) is 0.371. The number of hydrogen-bond donors (Lipinski definition) is 2. The minimum atomic E-state index is -3.30. The molecule has 2 aromatic carbocycles. The summed E-state index contributed by atoms with van der Waals surface area (Å²) in [6.45, 7) is 2.79. The van der Waals surface area contributed by atoms with Gasteiger partial charge in [-0.2, -0.15) is 13.2 Å². The van der Waals surface area contributed by atoms with E-state index in [1.807, 2.05) is 25.1 Å². The van der Waals surface area contributed by atoms with Crippen molar-refractivity contribution in [1.82, 2.24) is 9.55 Å². The lowest BCUT2D eigenvalue weighted by molar-refractivity contribution is -0.119. The third-order valence-electron chi connectivity index (χ3n) is 7.66. The van der Waals surface area contributed by atoms with Gasteiger partial charge < -0.3 is 15.5 Å². The average molecular weight is 639 g/mol. The fourth-order valence-electron chi connectivity index (χ4n) is 5.22. The number of alkyl halides is 2. The molecule has 0 aliphatic carbocycles. The van der Waals surface area contributed by atoms with Crippen molar-refractivity contribution >= 4 is 34.9 Å². The number of Topliss-reactive ketones (excluding diaryl/α,β-unsaturated/α-hetero) is 2. The Hall–Kier alpha value is -4.54. The van der Waals surface area contributed by atoms with Crippen molar-refractivity contribution in [2.75, 3.05) is 5.32 Å². The number of fused-ring (bicyclic) bond motifs is 1. The summed E-state index contributed by atoms with van der Waals surface area (Å²) >= 11 is 0. The van der Waals surface area contributed by atoms with Gasteiger partial charge in [-0.05, 0) is 73.9 Å². The van der Waals surface area contributed by atoms with E-state index in [0.717, 1.165) is 24.1 Å². The Bertz CT molecular complexity index is 1660. The number of imidazole rings is 1. The highest BCUT2D eigenvalue weighted by atomic mass is 19.3. The van der Waals surface area contributed by atoms with Crippen molar-refractivity contribution in [2.45, 2.75) is 78.7 Å². The van der Waals surface area contributed by atoms with E-state index in [4.69, 9.17) is 5.41 Å². The van der Waals surface area contributed by atoms with Crippen LogP contribution in [-0.4, -0.2) is 33.4 Å². The van der Waals surface area contributed by atoms with Gasteiger partial charge in [0.05, 0.1) is 17.6 Å². The first-order valence-corrected chi connectivity index (χ1v) is 15.4. The number of carbonyl (C=O) groups is 2. The maximum atomic E-state index is 15.0. The molecule has 1 aliphatic rings. The van der Waals surface area contributed by atoms with Gasteiger partial charge >= 0.3 is 6.61 Å². The summed E-state index contributed by atoms with van der Waals surface area (Å²) in [5, 5.41) is 11.6. The molecule has 1 aromatic heterocycles. The molecule has 0 saturated heterocycles. The lowest BCUT2D eigenvalue weighted by Crippen LogP contribution is -2.11. The Morgan fingerprint density at radius 1 is 1.09 bits per heavy atom. The van der Waals surface area contributed by atoms with Gasteiger partial charge in [-0.1, -0.05) is 32.9 Å². The van der Waals surface area contributed by atoms with E-state index in [0.29, 0.717) is 72.9 Å². The molecule has 0 bridgehead atoms.